The van der Waals surface area contributed by atoms with E-state index in [1.165, 1.54) is 6.92 Å². The van der Waals surface area contributed by atoms with E-state index >= 15 is 0 Å². The molecule has 1 heterocycles. The normalized spacial score (nSPS) is 11.5. The lowest BCUT2D eigenvalue weighted by Crippen LogP contribution is -2.16. The summed E-state index contributed by atoms with van der Waals surface area (Å²) in [5.41, 5.74) is 0. The van der Waals surface area contributed by atoms with Gasteiger partial charge in [0.25, 0.3) is 0 Å². The van der Waals surface area contributed by atoms with Crippen LogP contribution in [-0.4, -0.2) is 24.1 Å². The topological polar surface area (TPSA) is 72.0 Å². The highest BCUT2D eigenvalue weighted by Gasteiger charge is 2.15. The van der Waals surface area contributed by atoms with Gasteiger partial charge < -0.3 is 0 Å². The minimum Gasteiger partial charge on any atom is -0.266 e. The van der Waals surface area contributed by atoms with Crippen molar-refractivity contribution in [1.29, 1.82) is 0 Å². The van der Waals surface area contributed by atoms with Crippen molar-refractivity contribution in [2.24, 2.45) is 0 Å². The minimum absolute atomic E-state index is 0.0851. The van der Waals surface area contributed by atoms with E-state index in [0.29, 0.717) is 0 Å². The van der Waals surface area contributed by atoms with Gasteiger partial charge >= 0.3 is 0 Å². The fraction of sp³-hybridized carbons (Fsp3) is 0.333. The highest BCUT2D eigenvalue weighted by Crippen LogP contribution is 2.28. The second-order valence-electron chi connectivity index (χ2n) is 2.45. The summed E-state index contributed by atoms with van der Waals surface area (Å²) in [7, 11) is -3.47. The number of nitrogens with zero attached hydrogens (tertiary/aromatic N) is 2. The van der Waals surface area contributed by atoms with Gasteiger partial charge in [0.1, 0.15) is 5.02 Å². The number of sulfonamides is 1. The van der Waals surface area contributed by atoms with Crippen LogP contribution < -0.4 is 4.72 Å². The Kier molecular flexibility index (Phi) is 3.99. The third kappa shape index (κ3) is 3.34. The molecule has 0 bridgehead atoms. The summed E-state index contributed by atoms with van der Waals surface area (Å²) < 4.78 is 24.6. The first-order valence-corrected chi connectivity index (χ1v) is 6.53. The van der Waals surface area contributed by atoms with Gasteiger partial charge in [-0.2, -0.15) is 4.98 Å². The van der Waals surface area contributed by atoms with Crippen LogP contribution in [0, 0.1) is 0 Å². The van der Waals surface area contributed by atoms with Gasteiger partial charge in [0.15, 0.2) is 11.0 Å². The molecule has 1 N–H and O–H groups in total. The summed E-state index contributed by atoms with van der Waals surface area (Å²) in [5, 5.41) is -0.373. The van der Waals surface area contributed by atoms with Crippen LogP contribution in [0.2, 0.25) is 15.5 Å². The van der Waals surface area contributed by atoms with Crippen molar-refractivity contribution in [2.75, 3.05) is 10.5 Å². The number of halogens is 3. The highest BCUT2D eigenvalue weighted by molar-refractivity contribution is 7.92. The van der Waals surface area contributed by atoms with Crippen molar-refractivity contribution in [3.8, 4) is 0 Å². The Labute approximate surface area is 102 Å². The molecule has 1 aromatic heterocycles. The SMILES string of the molecule is CCS(=O)(=O)Nc1nc(Cl)nc(Cl)c1Cl. The second kappa shape index (κ2) is 4.69. The fourth-order valence-electron chi connectivity index (χ4n) is 0.681. The number of rotatable bonds is 3. The number of anilines is 1. The van der Waals surface area contributed by atoms with E-state index in [1.807, 2.05) is 0 Å². The van der Waals surface area contributed by atoms with Crippen molar-refractivity contribution < 1.29 is 8.42 Å². The van der Waals surface area contributed by atoms with Gasteiger partial charge in [-0.05, 0) is 18.5 Å². The average molecular weight is 291 g/mol. The maximum absolute atomic E-state index is 11.2. The standard InChI is InChI=1S/C6H6Cl3N3O2S/c1-2-15(13,14)12-5-3(7)4(8)10-6(9)11-5/h2H2,1H3,(H,10,11,12). The number of hydrogen-bond donors (Lipinski definition) is 1. The lowest BCUT2D eigenvalue weighted by atomic mass is 10.6. The van der Waals surface area contributed by atoms with Gasteiger partial charge in [-0.15, -0.1) is 0 Å². The predicted octanol–water partition coefficient (Wildman–Crippen LogP) is 2.20. The first kappa shape index (κ1) is 12.8. The molecule has 0 fully saturated rings. The van der Waals surface area contributed by atoms with Crippen molar-refractivity contribution in [2.45, 2.75) is 6.92 Å². The van der Waals surface area contributed by atoms with Crippen LogP contribution >= 0.6 is 34.8 Å². The summed E-state index contributed by atoms with van der Waals surface area (Å²) >= 11 is 16.8. The molecule has 0 aliphatic carbocycles. The van der Waals surface area contributed by atoms with E-state index in [0.717, 1.165) is 0 Å². The van der Waals surface area contributed by atoms with E-state index in [4.69, 9.17) is 34.8 Å². The molecule has 0 spiro atoms. The Bertz CT molecular complexity index is 477. The van der Waals surface area contributed by atoms with Gasteiger partial charge in [0, 0.05) is 0 Å². The van der Waals surface area contributed by atoms with Crippen molar-refractivity contribution in [1.82, 2.24) is 9.97 Å². The molecule has 0 saturated carbocycles. The summed E-state index contributed by atoms with van der Waals surface area (Å²) in [4.78, 5) is 7.16. The van der Waals surface area contributed by atoms with E-state index in [9.17, 15) is 8.42 Å². The van der Waals surface area contributed by atoms with Crippen LogP contribution in [0.4, 0.5) is 5.82 Å². The molecule has 0 amide bonds. The Balaban J connectivity index is 3.16. The fourth-order valence-corrected chi connectivity index (χ4v) is 1.84. The maximum atomic E-state index is 11.2. The molecule has 0 aromatic carbocycles. The zero-order chi connectivity index (χ0) is 11.6. The predicted molar refractivity (Wildman–Crippen MR) is 60.1 cm³/mol. The van der Waals surface area contributed by atoms with Crippen LogP contribution in [0.1, 0.15) is 6.92 Å². The maximum Gasteiger partial charge on any atom is 0.233 e. The average Bonchev–Trinajstić information content (AvgIpc) is 2.13. The molecule has 15 heavy (non-hydrogen) atoms. The van der Waals surface area contributed by atoms with Gasteiger partial charge in [-0.25, -0.2) is 13.4 Å². The van der Waals surface area contributed by atoms with Gasteiger partial charge in [0.2, 0.25) is 15.3 Å². The van der Waals surface area contributed by atoms with Gasteiger partial charge in [0.05, 0.1) is 5.75 Å². The third-order valence-electron chi connectivity index (χ3n) is 1.42. The Morgan fingerprint density at radius 1 is 1.27 bits per heavy atom. The molecule has 0 atom stereocenters. The molecule has 0 radical (unpaired) electrons. The molecule has 9 heteroatoms. The lowest BCUT2D eigenvalue weighted by molar-refractivity contribution is 0.602. The third-order valence-corrected chi connectivity index (χ3v) is 3.58. The molecule has 0 aliphatic rings. The molecular formula is C6H6Cl3N3O2S. The molecule has 1 rings (SSSR count). The Hall–Kier alpha value is -0.300. The number of nitrogens with one attached hydrogen (secondary N) is 1. The zero-order valence-electron chi connectivity index (χ0n) is 7.46. The number of hydrogen-bond acceptors (Lipinski definition) is 4. The quantitative estimate of drug-likeness (QED) is 0.684. The van der Waals surface area contributed by atoms with Crippen molar-refractivity contribution >= 4 is 50.6 Å². The van der Waals surface area contributed by atoms with Gasteiger partial charge in [-0.1, -0.05) is 23.2 Å². The van der Waals surface area contributed by atoms with Crippen LogP contribution in [0.3, 0.4) is 0 Å². The Morgan fingerprint density at radius 3 is 2.40 bits per heavy atom. The van der Waals surface area contributed by atoms with Crippen molar-refractivity contribution in [3.63, 3.8) is 0 Å². The van der Waals surface area contributed by atoms with E-state index in [-0.39, 0.29) is 27.0 Å². The first-order valence-electron chi connectivity index (χ1n) is 3.74. The molecule has 0 aliphatic heterocycles. The molecular weight excluding hydrogens is 285 g/mol. The molecule has 1 aromatic rings. The monoisotopic (exact) mass is 289 g/mol. The van der Waals surface area contributed by atoms with E-state index < -0.39 is 10.0 Å². The largest absolute Gasteiger partial charge is 0.266 e. The van der Waals surface area contributed by atoms with Gasteiger partial charge in [-0.3, -0.25) is 4.72 Å². The van der Waals surface area contributed by atoms with E-state index in [2.05, 4.69) is 14.7 Å². The first-order chi connectivity index (χ1) is 6.85. The van der Waals surface area contributed by atoms with Crippen LogP contribution in [0.5, 0.6) is 0 Å². The summed E-state index contributed by atoms with van der Waals surface area (Å²) in [6, 6.07) is 0. The molecule has 0 unspecified atom stereocenters. The lowest BCUT2D eigenvalue weighted by Gasteiger charge is -2.07. The van der Waals surface area contributed by atoms with E-state index in [1.54, 1.807) is 0 Å². The van der Waals surface area contributed by atoms with Crippen molar-refractivity contribution in [3.05, 3.63) is 15.5 Å². The van der Waals surface area contributed by atoms with Crippen LogP contribution in [0.25, 0.3) is 0 Å². The smallest absolute Gasteiger partial charge is 0.233 e. The minimum atomic E-state index is -3.47. The highest BCUT2D eigenvalue weighted by atomic mass is 35.5. The summed E-state index contributed by atoms with van der Waals surface area (Å²) in [6.07, 6.45) is 0. The Morgan fingerprint density at radius 2 is 1.87 bits per heavy atom. The molecule has 5 nitrogen and oxygen atoms in total. The van der Waals surface area contributed by atoms with Crippen LogP contribution in [-0.2, 0) is 10.0 Å². The summed E-state index contributed by atoms with van der Waals surface area (Å²) in [5.74, 6) is -0.230. The van der Waals surface area contributed by atoms with Crippen LogP contribution in [0.15, 0.2) is 0 Å². The molecule has 84 valence electrons. The number of aromatic nitrogens is 2. The second-order valence-corrected chi connectivity index (χ2v) is 5.54. The summed E-state index contributed by atoms with van der Waals surface area (Å²) in [6.45, 7) is 1.47. The molecule has 0 saturated heterocycles. The zero-order valence-corrected chi connectivity index (χ0v) is 10.5.